The van der Waals surface area contributed by atoms with Crippen LogP contribution in [0.15, 0.2) is 97.1 Å². The summed E-state index contributed by atoms with van der Waals surface area (Å²) < 4.78 is 2.79. The van der Waals surface area contributed by atoms with E-state index in [1.807, 2.05) is 0 Å². The lowest BCUT2D eigenvalue weighted by Crippen LogP contribution is -2.59. The van der Waals surface area contributed by atoms with Gasteiger partial charge in [-0.2, -0.15) is 0 Å². The van der Waals surface area contributed by atoms with Gasteiger partial charge in [-0.3, -0.25) is 0 Å². The van der Waals surface area contributed by atoms with Gasteiger partial charge in [-0.05, 0) is 69.3 Å². The molecule has 3 heteroatoms. The Morgan fingerprint density at radius 3 is 2.24 bits per heavy atom. The molecule has 0 bridgehead atoms. The number of unbranched alkanes of at least 4 members (excludes halogenated alkanes) is 2. The van der Waals surface area contributed by atoms with Crippen LogP contribution in [0.1, 0.15) is 81.8 Å². The number of aromatic nitrogens is 1. The van der Waals surface area contributed by atoms with Gasteiger partial charge >= 0.3 is 6.85 Å². The highest BCUT2D eigenvalue weighted by atomic mass is 15.2. The third-order valence-corrected chi connectivity index (χ3v) is 11.9. The third kappa shape index (κ3) is 3.05. The molecule has 0 atom stereocenters. The van der Waals surface area contributed by atoms with Crippen LogP contribution < -0.4 is 15.8 Å². The zero-order valence-corrected chi connectivity index (χ0v) is 27.5. The molecule has 0 radical (unpaired) electrons. The topological polar surface area (TPSA) is 8.17 Å². The molecule has 10 rings (SSSR count). The van der Waals surface area contributed by atoms with Crippen molar-refractivity contribution in [3.63, 3.8) is 0 Å². The van der Waals surface area contributed by atoms with Crippen molar-refractivity contribution in [2.75, 3.05) is 4.90 Å². The number of para-hydroxylation sites is 3. The number of fused-ring (bicyclic) bond motifs is 11. The third-order valence-electron chi connectivity index (χ3n) is 11.9. The molecule has 224 valence electrons. The Labute approximate surface area is 272 Å². The van der Waals surface area contributed by atoms with Crippen molar-refractivity contribution in [3.8, 4) is 22.3 Å². The predicted octanol–water partition coefficient (Wildman–Crippen LogP) is 9.74. The predicted molar refractivity (Wildman–Crippen MR) is 195 cm³/mol. The fourth-order valence-electron chi connectivity index (χ4n) is 9.89. The Morgan fingerprint density at radius 1 is 0.652 bits per heavy atom. The molecule has 0 N–H and O–H groups in total. The lowest BCUT2D eigenvalue weighted by atomic mass is 9.44. The highest BCUT2D eigenvalue weighted by Crippen LogP contribution is 2.57. The van der Waals surface area contributed by atoms with Crippen molar-refractivity contribution in [1.82, 2.24) is 4.48 Å². The number of aryl methyl sites for hydroxylation is 1. The van der Waals surface area contributed by atoms with E-state index in [9.17, 15) is 0 Å². The molecule has 46 heavy (non-hydrogen) atoms. The van der Waals surface area contributed by atoms with Gasteiger partial charge in [0.25, 0.3) is 0 Å². The SMILES string of the molecule is CCCCCc1cc2c3c(c1)N1c4ccccc4C(C)(C)c4cccc(c41)B3n1c3c(c4cccc-2c41)-c1ccccc1C3(C)C. The van der Waals surface area contributed by atoms with Crippen LogP contribution in [0.4, 0.5) is 17.1 Å². The van der Waals surface area contributed by atoms with E-state index in [4.69, 9.17) is 0 Å². The summed E-state index contributed by atoms with van der Waals surface area (Å²) >= 11 is 0. The molecule has 2 nitrogen and oxygen atoms in total. The summed E-state index contributed by atoms with van der Waals surface area (Å²) in [6.45, 7) is 12.1. The minimum Gasteiger partial charge on any atom is -0.378 e. The van der Waals surface area contributed by atoms with E-state index >= 15 is 0 Å². The van der Waals surface area contributed by atoms with Crippen LogP contribution in [0.5, 0.6) is 0 Å². The van der Waals surface area contributed by atoms with Gasteiger partial charge in [-0.25, -0.2) is 0 Å². The molecule has 0 saturated heterocycles. The molecule has 3 aliphatic heterocycles. The Hall–Kier alpha value is -4.50. The summed E-state index contributed by atoms with van der Waals surface area (Å²) in [4.78, 5) is 2.65. The van der Waals surface area contributed by atoms with Gasteiger partial charge in [0.15, 0.2) is 0 Å². The summed E-state index contributed by atoms with van der Waals surface area (Å²) in [5.41, 5.74) is 21.0. The van der Waals surface area contributed by atoms with Crippen molar-refractivity contribution >= 4 is 45.7 Å². The van der Waals surface area contributed by atoms with E-state index < -0.39 is 0 Å². The first kappa shape index (κ1) is 26.7. The van der Waals surface area contributed by atoms with Gasteiger partial charge < -0.3 is 9.38 Å². The molecule has 0 saturated carbocycles. The summed E-state index contributed by atoms with van der Waals surface area (Å²) in [7, 11) is 0. The van der Waals surface area contributed by atoms with Gasteiger partial charge in [0.1, 0.15) is 0 Å². The molecule has 0 amide bonds. The van der Waals surface area contributed by atoms with E-state index in [1.54, 1.807) is 0 Å². The van der Waals surface area contributed by atoms with Crippen LogP contribution in [0, 0.1) is 0 Å². The molecule has 0 spiro atoms. The molecule has 1 aliphatic carbocycles. The number of benzene rings is 5. The van der Waals surface area contributed by atoms with E-state index in [2.05, 4.69) is 141 Å². The van der Waals surface area contributed by atoms with Crippen LogP contribution >= 0.6 is 0 Å². The molecular weight excluding hydrogens is 555 g/mol. The molecule has 0 fully saturated rings. The minimum absolute atomic E-state index is 0.104. The van der Waals surface area contributed by atoms with Crippen molar-refractivity contribution in [1.29, 1.82) is 0 Å². The zero-order valence-electron chi connectivity index (χ0n) is 27.5. The minimum atomic E-state index is -0.113. The van der Waals surface area contributed by atoms with E-state index in [0.29, 0.717) is 0 Å². The summed E-state index contributed by atoms with van der Waals surface area (Å²) in [6.07, 6.45) is 4.84. The number of hydrogen-bond donors (Lipinski definition) is 0. The zero-order chi connectivity index (χ0) is 31.1. The van der Waals surface area contributed by atoms with Crippen LogP contribution in [0.2, 0.25) is 0 Å². The lowest BCUT2D eigenvalue weighted by Gasteiger charge is -2.48. The second kappa shape index (κ2) is 8.85. The van der Waals surface area contributed by atoms with E-state index in [1.165, 1.54) is 108 Å². The molecule has 5 aromatic carbocycles. The van der Waals surface area contributed by atoms with Gasteiger partial charge in [0.2, 0.25) is 0 Å². The van der Waals surface area contributed by atoms with Gasteiger partial charge in [-0.15, -0.1) is 0 Å². The quantitative estimate of drug-likeness (QED) is 0.146. The largest absolute Gasteiger partial charge is 0.378 e. The van der Waals surface area contributed by atoms with Crippen molar-refractivity contribution in [3.05, 3.63) is 125 Å². The maximum absolute atomic E-state index is 2.79. The van der Waals surface area contributed by atoms with Gasteiger partial charge in [0, 0.05) is 49.9 Å². The standard InChI is InChI=1S/C43H39BN2/c1-6-7-8-15-26-24-30-27-17-13-18-29-37-28-16-9-10-19-31(28)43(4,5)41(37)46(39(27)29)44-34-22-14-21-33-40(34)45(36(25-26)38(30)44)35-23-12-11-20-32(35)42(33,2)3/h9-14,16-25H,6-8,15H2,1-5H3. The Bertz CT molecular complexity index is 2300. The first-order valence-electron chi connectivity index (χ1n) is 17.3. The lowest BCUT2D eigenvalue weighted by molar-refractivity contribution is 0.629. The Balaban J connectivity index is 1.38. The van der Waals surface area contributed by atoms with Crippen molar-refractivity contribution < 1.29 is 0 Å². The van der Waals surface area contributed by atoms with Crippen molar-refractivity contribution in [2.45, 2.75) is 71.1 Å². The fourth-order valence-corrected chi connectivity index (χ4v) is 9.89. The number of anilines is 3. The average Bonchev–Trinajstić information content (AvgIpc) is 3.53. The normalized spacial score (nSPS) is 16.5. The van der Waals surface area contributed by atoms with Crippen LogP contribution in [-0.2, 0) is 17.3 Å². The molecule has 1 aromatic heterocycles. The molecule has 0 unspecified atom stereocenters. The molecule has 4 heterocycles. The van der Waals surface area contributed by atoms with Gasteiger partial charge in [0.05, 0.1) is 5.69 Å². The van der Waals surface area contributed by atoms with Crippen LogP contribution in [0.3, 0.4) is 0 Å². The number of hydrogen-bond acceptors (Lipinski definition) is 1. The smallest absolute Gasteiger partial charge is 0.332 e. The monoisotopic (exact) mass is 594 g/mol. The van der Waals surface area contributed by atoms with Crippen LogP contribution in [-0.4, -0.2) is 11.3 Å². The Morgan fingerprint density at radius 2 is 1.39 bits per heavy atom. The van der Waals surface area contributed by atoms with E-state index in [0.717, 1.165) is 6.42 Å². The molecular formula is C43H39BN2. The van der Waals surface area contributed by atoms with E-state index in [-0.39, 0.29) is 17.7 Å². The fraction of sp³-hybridized carbons (Fsp3) is 0.256. The number of rotatable bonds is 4. The van der Waals surface area contributed by atoms with Crippen molar-refractivity contribution in [2.24, 2.45) is 0 Å². The first-order valence-corrected chi connectivity index (χ1v) is 17.3. The highest BCUT2D eigenvalue weighted by Gasteiger charge is 2.51. The Kier molecular flexibility index (Phi) is 5.14. The summed E-state index contributed by atoms with van der Waals surface area (Å²) in [5, 5.41) is 1.40. The van der Waals surface area contributed by atoms with Gasteiger partial charge in [-0.1, -0.05) is 132 Å². The maximum Gasteiger partial charge on any atom is 0.332 e. The molecule has 6 aromatic rings. The number of nitrogens with zero attached hydrogens (tertiary/aromatic N) is 2. The molecule has 4 aliphatic rings. The second-order valence-corrected chi connectivity index (χ2v) is 15.1. The summed E-state index contributed by atoms with van der Waals surface area (Å²) in [6, 6.07) is 37.7. The van der Waals surface area contributed by atoms with Crippen LogP contribution in [0.25, 0.3) is 33.2 Å². The maximum atomic E-state index is 2.79. The summed E-state index contributed by atoms with van der Waals surface area (Å²) in [5.74, 6) is 0. The second-order valence-electron chi connectivity index (χ2n) is 15.1. The first-order chi connectivity index (χ1) is 22.3. The highest BCUT2D eigenvalue weighted by molar-refractivity contribution is 6.89. The average molecular weight is 595 g/mol.